The molecule has 2 unspecified atom stereocenters. The lowest BCUT2D eigenvalue weighted by molar-refractivity contribution is 0.434. The molecular formula is C15H23N. The maximum Gasteiger partial charge on any atom is 0.0170 e. The molecular weight excluding hydrogens is 194 g/mol. The van der Waals surface area contributed by atoms with E-state index in [9.17, 15) is 0 Å². The summed E-state index contributed by atoms with van der Waals surface area (Å²) < 4.78 is 0. The van der Waals surface area contributed by atoms with Gasteiger partial charge in [0.25, 0.3) is 0 Å². The number of hydrogen-bond acceptors (Lipinski definition) is 1. The molecule has 0 aliphatic rings. The average Bonchev–Trinajstić information content (AvgIpc) is 2.32. The lowest BCUT2D eigenvalue weighted by atomic mass is 9.87. The van der Waals surface area contributed by atoms with Crippen LogP contribution in [0.25, 0.3) is 0 Å². The van der Waals surface area contributed by atoms with E-state index in [0.717, 1.165) is 19.4 Å². The van der Waals surface area contributed by atoms with Crippen molar-refractivity contribution in [1.82, 2.24) is 5.32 Å². The van der Waals surface area contributed by atoms with Crippen LogP contribution in [0.1, 0.15) is 38.2 Å². The monoisotopic (exact) mass is 217 g/mol. The lowest BCUT2D eigenvalue weighted by Gasteiger charge is -2.26. The van der Waals surface area contributed by atoms with Crippen LogP contribution in [-0.2, 0) is 0 Å². The zero-order valence-electron chi connectivity index (χ0n) is 10.4. The first-order chi connectivity index (χ1) is 7.83. The second-order valence-corrected chi connectivity index (χ2v) is 4.11. The number of benzene rings is 1. The molecule has 1 nitrogen and oxygen atoms in total. The number of hydrogen-bond donors (Lipinski definition) is 1. The first-order valence-corrected chi connectivity index (χ1v) is 6.22. The summed E-state index contributed by atoms with van der Waals surface area (Å²) in [4.78, 5) is 0. The van der Waals surface area contributed by atoms with E-state index >= 15 is 0 Å². The van der Waals surface area contributed by atoms with E-state index in [-0.39, 0.29) is 0 Å². The van der Waals surface area contributed by atoms with Crippen molar-refractivity contribution in [3.05, 3.63) is 48.6 Å². The van der Waals surface area contributed by atoms with Gasteiger partial charge in [0, 0.05) is 6.04 Å². The third-order valence-electron chi connectivity index (χ3n) is 3.04. The Bertz CT molecular complexity index is 292. The van der Waals surface area contributed by atoms with Gasteiger partial charge >= 0.3 is 0 Å². The Morgan fingerprint density at radius 1 is 1.25 bits per heavy atom. The second kappa shape index (κ2) is 7.24. The third kappa shape index (κ3) is 3.49. The summed E-state index contributed by atoms with van der Waals surface area (Å²) in [6, 6.07) is 11.3. The lowest BCUT2D eigenvalue weighted by Crippen LogP contribution is -2.34. The Morgan fingerprint density at radius 3 is 2.44 bits per heavy atom. The predicted molar refractivity (Wildman–Crippen MR) is 71.8 cm³/mol. The molecule has 0 radical (unpaired) electrons. The van der Waals surface area contributed by atoms with Gasteiger partial charge in [0.1, 0.15) is 0 Å². The first-order valence-electron chi connectivity index (χ1n) is 6.22. The van der Waals surface area contributed by atoms with Crippen LogP contribution in [0.3, 0.4) is 0 Å². The van der Waals surface area contributed by atoms with Gasteiger partial charge in [-0.15, -0.1) is 6.58 Å². The molecule has 0 fully saturated rings. The highest BCUT2D eigenvalue weighted by molar-refractivity contribution is 5.21. The van der Waals surface area contributed by atoms with Gasteiger partial charge in [0.05, 0.1) is 0 Å². The van der Waals surface area contributed by atoms with Gasteiger partial charge in [-0.2, -0.15) is 0 Å². The molecule has 0 saturated carbocycles. The van der Waals surface area contributed by atoms with Crippen molar-refractivity contribution >= 4 is 0 Å². The highest BCUT2D eigenvalue weighted by Crippen LogP contribution is 2.25. The molecule has 1 aromatic rings. The van der Waals surface area contributed by atoms with Gasteiger partial charge in [-0.1, -0.05) is 50.3 Å². The molecule has 0 aliphatic heterocycles. The van der Waals surface area contributed by atoms with Crippen molar-refractivity contribution in [2.75, 3.05) is 6.54 Å². The molecule has 2 atom stereocenters. The molecule has 1 aromatic carbocycles. The summed E-state index contributed by atoms with van der Waals surface area (Å²) in [6.45, 7) is 9.28. The van der Waals surface area contributed by atoms with Crippen molar-refractivity contribution in [2.24, 2.45) is 0 Å². The zero-order chi connectivity index (χ0) is 11.8. The van der Waals surface area contributed by atoms with Gasteiger partial charge < -0.3 is 5.32 Å². The number of rotatable bonds is 7. The maximum absolute atomic E-state index is 3.85. The van der Waals surface area contributed by atoms with E-state index in [0.29, 0.717) is 12.0 Å². The maximum atomic E-state index is 3.85. The van der Waals surface area contributed by atoms with Crippen LogP contribution < -0.4 is 5.32 Å². The SMILES string of the molecule is C=CCC(NCC)C(CC)c1ccccc1. The van der Waals surface area contributed by atoms with Crippen LogP contribution in [0, 0.1) is 0 Å². The standard InChI is InChI=1S/C15H23N/c1-4-10-15(16-6-3)14(5-2)13-11-8-7-9-12-13/h4,7-9,11-12,14-16H,1,5-6,10H2,2-3H3. The highest BCUT2D eigenvalue weighted by atomic mass is 14.9. The molecule has 0 bridgehead atoms. The number of nitrogens with one attached hydrogen (secondary N) is 1. The summed E-state index contributed by atoms with van der Waals surface area (Å²) in [5.74, 6) is 0.583. The zero-order valence-corrected chi connectivity index (χ0v) is 10.4. The Labute approximate surface area is 99.6 Å². The summed E-state index contributed by atoms with van der Waals surface area (Å²) in [5.41, 5.74) is 1.43. The fraction of sp³-hybridized carbons (Fsp3) is 0.467. The van der Waals surface area contributed by atoms with E-state index in [1.54, 1.807) is 0 Å². The summed E-state index contributed by atoms with van der Waals surface area (Å²) in [5, 5.41) is 3.56. The summed E-state index contributed by atoms with van der Waals surface area (Å²) >= 11 is 0. The second-order valence-electron chi connectivity index (χ2n) is 4.11. The molecule has 0 aromatic heterocycles. The third-order valence-corrected chi connectivity index (χ3v) is 3.04. The summed E-state index contributed by atoms with van der Waals surface area (Å²) in [6.07, 6.45) is 4.20. The largest absolute Gasteiger partial charge is 0.313 e. The fourth-order valence-corrected chi connectivity index (χ4v) is 2.28. The van der Waals surface area contributed by atoms with Crippen molar-refractivity contribution in [3.8, 4) is 0 Å². The van der Waals surface area contributed by atoms with Crippen LogP contribution in [0.2, 0.25) is 0 Å². The smallest absolute Gasteiger partial charge is 0.0170 e. The average molecular weight is 217 g/mol. The topological polar surface area (TPSA) is 12.0 Å². The Morgan fingerprint density at radius 2 is 1.94 bits per heavy atom. The minimum absolute atomic E-state index is 0.509. The fourth-order valence-electron chi connectivity index (χ4n) is 2.28. The van der Waals surface area contributed by atoms with E-state index in [1.807, 2.05) is 6.08 Å². The Kier molecular flexibility index (Phi) is 5.87. The molecule has 88 valence electrons. The Hall–Kier alpha value is -1.08. The van der Waals surface area contributed by atoms with Gasteiger partial charge in [0.15, 0.2) is 0 Å². The highest BCUT2D eigenvalue weighted by Gasteiger charge is 2.19. The molecule has 1 N–H and O–H groups in total. The van der Waals surface area contributed by atoms with Crippen LogP contribution in [0.15, 0.2) is 43.0 Å². The molecule has 0 aliphatic carbocycles. The first kappa shape index (κ1) is 13.0. The molecule has 16 heavy (non-hydrogen) atoms. The summed E-state index contributed by atoms with van der Waals surface area (Å²) in [7, 11) is 0. The van der Waals surface area contributed by atoms with E-state index in [4.69, 9.17) is 0 Å². The van der Waals surface area contributed by atoms with Gasteiger partial charge in [-0.3, -0.25) is 0 Å². The van der Waals surface area contributed by atoms with E-state index in [2.05, 4.69) is 56.1 Å². The van der Waals surface area contributed by atoms with Crippen LogP contribution >= 0.6 is 0 Å². The van der Waals surface area contributed by atoms with Crippen molar-refractivity contribution < 1.29 is 0 Å². The minimum Gasteiger partial charge on any atom is -0.313 e. The quantitative estimate of drug-likeness (QED) is 0.686. The van der Waals surface area contributed by atoms with Gasteiger partial charge in [0.2, 0.25) is 0 Å². The van der Waals surface area contributed by atoms with Crippen LogP contribution in [0.5, 0.6) is 0 Å². The molecule has 0 amide bonds. The van der Waals surface area contributed by atoms with Gasteiger partial charge in [-0.05, 0) is 30.9 Å². The molecule has 0 saturated heterocycles. The molecule has 1 rings (SSSR count). The molecule has 0 spiro atoms. The number of likely N-dealkylation sites (N-methyl/N-ethyl adjacent to an activating group) is 1. The van der Waals surface area contributed by atoms with Crippen molar-refractivity contribution in [2.45, 2.75) is 38.6 Å². The predicted octanol–water partition coefficient (Wildman–Crippen LogP) is 3.73. The molecule has 0 heterocycles. The van der Waals surface area contributed by atoms with Crippen LogP contribution in [-0.4, -0.2) is 12.6 Å². The van der Waals surface area contributed by atoms with Gasteiger partial charge in [-0.25, -0.2) is 0 Å². The van der Waals surface area contributed by atoms with E-state index < -0.39 is 0 Å². The normalized spacial score (nSPS) is 14.4. The minimum atomic E-state index is 0.509. The van der Waals surface area contributed by atoms with Crippen LogP contribution in [0.4, 0.5) is 0 Å². The Balaban J connectivity index is 2.81. The van der Waals surface area contributed by atoms with Crippen molar-refractivity contribution in [3.63, 3.8) is 0 Å². The van der Waals surface area contributed by atoms with Crippen molar-refractivity contribution in [1.29, 1.82) is 0 Å². The van der Waals surface area contributed by atoms with E-state index in [1.165, 1.54) is 5.56 Å². The molecule has 1 heteroatoms.